The Morgan fingerprint density at radius 3 is 1.72 bits per heavy atom. The highest BCUT2D eigenvalue weighted by molar-refractivity contribution is 7.25. The van der Waals surface area contributed by atoms with Gasteiger partial charge in [-0.05, 0) is 75.6 Å². The van der Waals surface area contributed by atoms with Crippen LogP contribution in [0, 0.1) is 0 Å². The van der Waals surface area contributed by atoms with Gasteiger partial charge in [0.05, 0.1) is 5.52 Å². The molecule has 2 heterocycles. The number of hydrogen-bond donors (Lipinski definition) is 1. The molecule has 0 saturated heterocycles. The summed E-state index contributed by atoms with van der Waals surface area (Å²) in [6.07, 6.45) is 0. The lowest BCUT2D eigenvalue weighted by Gasteiger charge is -2.26. The van der Waals surface area contributed by atoms with E-state index in [1.807, 2.05) is 11.3 Å². The summed E-state index contributed by atoms with van der Waals surface area (Å²) in [5.74, 6) is 0. The average molecular weight is 617 g/mol. The van der Waals surface area contributed by atoms with Gasteiger partial charge in [-0.2, -0.15) is 0 Å². The first-order valence-electron chi connectivity index (χ1n) is 16.0. The zero-order valence-corrected chi connectivity index (χ0v) is 26.3. The molecule has 0 aliphatic carbocycles. The number of rotatable bonds is 4. The van der Waals surface area contributed by atoms with Crippen molar-refractivity contribution in [1.29, 1.82) is 0 Å². The summed E-state index contributed by atoms with van der Waals surface area (Å²) in [5, 5.41) is 10.1. The SMILES string of the molecule is c1ccc2cc(N(c3ccc4ccccc4c3)c3ccc4c(c3)sc3cc(-c5cccc6c5[nH]c5ccccc56)ccc34)ccc2c1. The number of H-pyrrole nitrogens is 1. The predicted molar refractivity (Wildman–Crippen MR) is 204 cm³/mol. The molecule has 10 aromatic rings. The third-order valence-electron chi connectivity index (χ3n) is 9.55. The minimum atomic E-state index is 1.15. The lowest BCUT2D eigenvalue weighted by Crippen LogP contribution is -2.09. The second kappa shape index (κ2) is 10.3. The van der Waals surface area contributed by atoms with Crippen LogP contribution in [0.25, 0.3) is 74.6 Å². The van der Waals surface area contributed by atoms with Crippen molar-refractivity contribution in [3.05, 3.63) is 164 Å². The van der Waals surface area contributed by atoms with Crippen LogP contribution in [0.1, 0.15) is 0 Å². The summed E-state index contributed by atoms with van der Waals surface area (Å²) < 4.78 is 2.58. The number of para-hydroxylation sites is 2. The molecule has 0 spiro atoms. The Balaban J connectivity index is 1.13. The Kier molecular flexibility index (Phi) is 5.78. The van der Waals surface area contributed by atoms with Crippen molar-refractivity contribution in [3.63, 3.8) is 0 Å². The van der Waals surface area contributed by atoms with E-state index in [1.54, 1.807) is 0 Å². The molecule has 8 aromatic carbocycles. The van der Waals surface area contributed by atoms with Crippen molar-refractivity contribution >= 4 is 91.9 Å². The molecule has 2 aromatic heterocycles. The molecule has 220 valence electrons. The number of nitrogens with one attached hydrogen (secondary N) is 1. The fraction of sp³-hybridized carbons (Fsp3) is 0. The number of fused-ring (bicyclic) bond motifs is 8. The topological polar surface area (TPSA) is 19.0 Å². The Hall–Kier alpha value is -5.90. The van der Waals surface area contributed by atoms with Gasteiger partial charge in [0.25, 0.3) is 0 Å². The van der Waals surface area contributed by atoms with Crippen LogP contribution in [-0.4, -0.2) is 4.98 Å². The van der Waals surface area contributed by atoms with Gasteiger partial charge in [0, 0.05) is 59.1 Å². The quantitative estimate of drug-likeness (QED) is 0.208. The largest absolute Gasteiger partial charge is 0.354 e. The van der Waals surface area contributed by atoms with E-state index < -0.39 is 0 Å². The van der Waals surface area contributed by atoms with E-state index in [0.717, 1.165) is 17.1 Å². The van der Waals surface area contributed by atoms with E-state index in [-0.39, 0.29) is 0 Å². The Bertz CT molecular complexity index is 2740. The Labute approximate surface area is 275 Å². The van der Waals surface area contributed by atoms with Crippen LogP contribution in [0.2, 0.25) is 0 Å². The molecule has 10 rings (SSSR count). The van der Waals surface area contributed by atoms with Gasteiger partial charge in [0.2, 0.25) is 0 Å². The molecule has 0 atom stereocenters. The Morgan fingerprint density at radius 1 is 0.404 bits per heavy atom. The molecular weight excluding hydrogens is 589 g/mol. The van der Waals surface area contributed by atoms with E-state index >= 15 is 0 Å². The van der Waals surface area contributed by atoms with Gasteiger partial charge >= 0.3 is 0 Å². The lowest BCUT2D eigenvalue weighted by atomic mass is 10.0. The van der Waals surface area contributed by atoms with E-state index in [1.165, 1.54) is 74.6 Å². The third kappa shape index (κ3) is 4.25. The van der Waals surface area contributed by atoms with Crippen LogP contribution in [0.15, 0.2) is 164 Å². The fourth-order valence-corrected chi connectivity index (χ4v) is 8.44. The Morgan fingerprint density at radius 2 is 0.979 bits per heavy atom. The maximum atomic E-state index is 3.69. The van der Waals surface area contributed by atoms with Crippen LogP contribution in [0.5, 0.6) is 0 Å². The average Bonchev–Trinajstić information content (AvgIpc) is 3.69. The summed E-state index contributed by atoms with van der Waals surface area (Å²) in [7, 11) is 0. The van der Waals surface area contributed by atoms with Crippen LogP contribution < -0.4 is 4.90 Å². The minimum Gasteiger partial charge on any atom is -0.354 e. The molecule has 0 aliphatic heterocycles. The van der Waals surface area contributed by atoms with Crippen molar-refractivity contribution in [2.75, 3.05) is 4.90 Å². The minimum absolute atomic E-state index is 1.15. The number of aromatic nitrogens is 1. The number of thiophene rings is 1. The monoisotopic (exact) mass is 616 g/mol. The normalized spacial score (nSPS) is 11.8. The first kappa shape index (κ1) is 26.3. The molecule has 0 saturated carbocycles. The molecule has 47 heavy (non-hydrogen) atoms. The highest BCUT2D eigenvalue weighted by Crippen LogP contribution is 2.43. The number of benzene rings is 8. The van der Waals surface area contributed by atoms with Gasteiger partial charge in [-0.25, -0.2) is 0 Å². The molecule has 3 heteroatoms. The standard InChI is InChI=1S/C44H28N2S/c1-3-10-30-24-33(19-16-28(30)8-1)46(34-20-17-29-9-2-4-11-31(29)25-34)35-21-23-39-38-22-18-32(26-42(38)47-43(39)27-35)36-13-7-14-40-37-12-5-6-15-41(37)45-44(36)40/h1-27,45H. The molecule has 0 bridgehead atoms. The van der Waals surface area contributed by atoms with Gasteiger partial charge in [-0.3, -0.25) is 0 Å². The summed E-state index contributed by atoms with van der Waals surface area (Å²) in [6, 6.07) is 59.8. The maximum absolute atomic E-state index is 3.69. The first-order chi connectivity index (χ1) is 23.3. The summed E-state index contributed by atoms with van der Waals surface area (Å²) >= 11 is 1.87. The maximum Gasteiger partial charge on any atom is 0.0544 e. The number of aromatic amines is 1. The van der Waals surface area contributed by atoms with Gasteiger partial charge in [-0.15, -0.1) is 11.3 Å². The lowest BCUT2D eigenvalue weighted by molar-refractivity contribution is 1.30. The number of hydrogen-bond acceptors (Lipinski definition) is 2. The van der Waals surface area contributed by atoms with Gasteiger partial charge < -0.3 is 9.88 Å². The molecule has 0 radical (unpaired) electrons. The predicted octanol–water partition coefficient (Wildman–Crippen LogP) is 13.1. The summed E-state index contributed by atoms with van der Waals surface area (Å²) in [6.45, 7) is 0. The molecule has 1 N–H and O–H groups in total. The van der Waals surface area contributed by atoms with Crippen LogP contribution in [0.4, 0.5) is 17.1 Å². The smallest absolute Gasteiger partial charge is 0.0544 e. The van der Waals surface area contributed by atoms with Crippen molar-refractivity contribution in [2.45, 2.75) is 0 Å². The van der Waals surface area contributed by atoms with Crippen LogP contribution in [0.3, 0.4) is 0 Å². The first-order valence-corrected chi connectivity index (χ1v) is 16.8. The van der Waals surface area contributed by atoms with Crippen LogP contribution in [-0.2, 0) is 0 Å². The van der Waals surface area contributed by atoms with E-state index in [2.05, 4.69) is 174 Å². The summed E-state index contributed by atoms with van der Waals surface area (Å²) in [5.41, 5.74) is 8.28. The van der Waals surface area contributed by atoms with Gasteiger partial charge in [-0.1, -0.05) is 115 Å². The number of anilines is 3. The van der Waals surface area contributed by atoms with Gasteiger partial charge in [0.1, 0.15) is 0 Å². The molecule has 0 aliphatic rings. The third-order valence-corrected chi connectivity index (χ3v) is 10.7. The highest BCUT2D eigenvalue weighted by Gasteiger charge is 2.17. The van der Waals surface area contributed by atoms with Crippen LogP contribution >= 0.6 is 11.3 Å². The summed E-state index contributed by atoms with van der Waals surface area (Å²) in [4.78, 5) is 6.08. The number of nitrogens with zero attached hydrogens (tertiary/aromatic N) is 1. The highest BCUT2D eigenvalue weighted by atomic mass is 32.1. The van der Waals surface area contributed by atoms with E-state index in [4.69, 9.17) is 0 Å². The molecule has 0 amide bonds. The van der Waals surface area contributed by atoms with Gasteiger partial charge in [0.15, 0.2) is 0 Å². The zero-order chi connectivity index (χ0) is 30.9. The van der Waals surface area contributed by atoms with Crippen molar-refractivity contribution in [2.24, 2.45) is 0 Å². The van der Waals surface area contributed by atoms with Crippen molar-refractivity contribution in [3.8, 4) is 11.1 Å². The van der Waals surface area contributed by atoms with Crippen molar-refractivity contribution < 1.29 is 0 Å². The molecule has 0 unspecified atom stereocenters. The zero-order valence-electron chi connectivity index (χ0n) is 25.4. The molecular formula is C44H28N2S. The van der Waals surface area contributed by atoms with E-state index in [9.17, 15) is 0 Å². The molecule has 2 nitrogen and oxygen atoms in total. The fourth-order valence-electron chi connectivity index (χ4n) is 7.26. The second-order valence-electron chi connectivity index (χ2n) is 12.3. The molecule has 0 fully saturated rings. The second-order valence-corrected chi connectivity index (χ2v) is 13.4. The van der Waals surface area contributed by atoms with Crippen molar-refractivity contribution in [1.82, 2.24) is 4.98 Å². The van der Waals surface area contributed by atoms with E-state index in [0.29, 0.717) is 0 Å².